The van der Waals surface area contributed by atoms with Crippen molar-refractivity contribution in [3.8, 4) is 0 Å². The lowest BCUT2D eigenvalue weighted by atomic mass is 10.1. The summed E-state index contributed by atoms with van der Waals surface area (Å²) in [7, 11) is -1.91. The lowest BCUT2D eigenvalue weighted by Gasteiger charge is -2.11. The highest BCUT2D eigenvalue weighted by Crippen LogP contribution is 2.16. The molecule has 5 nitrogen and oxygen atoms in total. The first-order valence-electron chi connectivity index (χ1n) is 6.46. The van der Waals surface area contributed by atoms with Crippen molar-refractivity contribution in [3.63, 3.8) is 0 Å². The van der Waals surface area contributed by atoms with Gasteiger partial charge in [-0.05, 0) is 31.2 Å². The molecule has 0 saturated heterocycles. The van der Waals surface area contributed by atoms with E-state index in [-0.39, 0.29) is 18.0 Å². The first-order valence-corrected chi connectivity index (χ1v) is 7.95. The third-order valence-electron chi connectivity index (χ3n) is 2.71. The predicted octanol–water partition coefficient (Wildman–Crippen LogP) is 1.27. The third kappa shape index (κ3) is 6.04. The van der Waals surface area contributed by atoms with Gasteiger partial charge in [0.1, 0.15) is 6.61 Å². The van der Waals surface area contributed by atoms with E-state index in [4.69, 9.17) is 0 Å². The minimum atomic E-state index is -3.68. The molecule has 8 heteroatoms. The van der Waals surface area contributed by atoms with E-state index in [0.29, 0.717) is 12.1 Å². The van der Waals surface area contributed by atoms with Gasteiger partial charge in [0.05, 0.1) is 11.5 Å². The topological polar surface area (TPSA) is 67.4 Å². The molecule has 0 amide bonds. The van der Waals surface area contributed by atoms with Gasteiger partial charge in [0.15, 0.2) is 0 Å². The molecular weight excluding hydrogens is 302 g/mol. The van der Waals surface area contributed by atoms with Crippen LogP contribution in [0.2, 0.25) is 0 Å². The monoisotopic (exact) mass is 322 g/mol. The van der Waals surface area contributed by atoms with Gasteiger partial charge >= 0.3 is 0 Å². The summed E-state index contributed by atoms with van der Waals surface area (Å²) >= 11 is 0. The Morgan fingerprint density at radius 1 is 1.33 bits per heavy atom. The third-order valence-corrected chi connectivity index (χ3v) is 4.31. The van der Waals surface area contributed by atoms with Crippen molar-refractivity contribution >= 4 is 10.0 Å². The molecule has 120 valence electrons. The molecule has 0 unspecified atom stereocenters. The van der Waals surface area contributed by atoms with Crippen molar-refractivity contribution in [3.05, 3.63) is 29.3 Å². The van der Waals surface area contributed by atoms with E-state index in [1.54, 1.807) is 26.1 Å². The molecule has 2 N–H and O–H groups in total. The summed E-state index contributed by atoms with van der Waals surface area (Å²) in [4.78, 5) is 0.184. The summed E-state index contributed by atoms with van der Waals surface area (Å²) < 4.78 is 55.0. The molecule has 0 aliphatic carbocycles. The van der Waals surface area contributed by atoms with Crippen molar-refractivity contribution in [2.24, 2.45) is 0 Å². The highest BCUT2D eigenvalue weighted by molar-refractivity contribution is 7.89. The van der Waals surface area contributed by atoms with E-state index in [2.05, 4.69) is 14.8 Å². The second-order valence-electron chi connectivity index (χ2n) is 4.49. The van der Waals surface area contributed by atoms with Gasteiger partial charge in [0, 0.05) is 13.1 Å². The van der Waals surface area contributed by atoms with E-state index in [0.717, 1.165) is 5.56 Å². The van der Waals surface area contributed by atoms with E-state index in [1.165, 1.54) is 0 Å². The van der Waals surface area contributed by atoms with Crippen molar-refractivity contribution in [2.75, 3.05) is 26.8 Å². The quantitative estimate of drug-likeness (QED) is 0.672. The van der Waals surface area contributed by atoms with Gasteiger partial charge in [-0.1, -0.05) is 12.1 Å². The molecule has 0 aliphatic rings. The first kappa shape index (κ1) is 18.0. The van der Waals surface area contributed by atoms with Gasteiger partial charge in [0.25, 0.3) is 6.43 Å². The second-order valence-corrected chi connectivity index (χ2v) is 6.23. The highest BCUT2D eigenvalue weighted by Gasteiger charge is 2.16. The number of benzene rings is 1. The van der Waals surface area contributed by atoms with Crippen LogP contribution in [-0.4, -0.2) is 41.6 Å². The van der Waals surface area contributed by atoms with Crippen LogP contribution in [0.4, 0.5) is 8.78 Å². The Balaban J connectivity index is 2.67. The standard InChI is InChI=1S/C13H20F2N2O3S/c1-10-3-4-11(8-16-2)7-12(10)21(18,19)17-5-6-20-9-13(14)15/h3-4,7,13,16-17H,5-6,8-9H2,1-2H3. The highest BCUT2D eigenvalue weighted by atomic mass is 32.2. The van der Waals surface area contributed by atoms with Crippen LogP contribution >= 0.6 is 0 Å². The summed E-state index contributed by atoms with van der Waals surface area (Å²) in [5.74, 6) is 0. The van der Waals surface area contributed by atoms with Gasteiger partial charge in [-0.25, -0.2) is 21.9 Å². The van der Waals surface area contributed by atoms with Crippen LogP contribution in [0.1, 0.15) is 11.1 Å². The number of hydrogen-bond donors (Lipinski definition) is 2. The van der Waals surface area contributed by atoms with Gasteiger partial charge < -0.3 is 10.1 Å². The van der Waals surface area contributed by atoms with Crippen LogP contribution in [0.5, 0.6) is 0 Å². The molecule has 0 radical (unpaired) electrons. The summed E-state index contributed by atoms with van der Waals surface area (Å²) in [5, 5.41) is 2.95. The SMILES string of the molecule is CNCc1ccc(C)c(S(=O)(=O)NCCOCC(F)F)c1. The van der Waals surface area contributed by atoms with Crippen LogP contribution in [0.3, 0.4) is 0 Å². The molecule has 0 fully saturated rings. The Kier molecular flexibility index (Phi) is 7.16. The molecule has 0 bridgehead atoms. The maximum atomic E-state index is 12.2. The number of alkyl halides is 2. The van der Waals surface area contributed by atoms with Crippen LogP contribution in [0.25, 0.3) is 0 Å². The Morgan fingerprint density at radius 2 is 2.05 bits per heavy atom. The van der Waals surface area contributed by atoms with Crippen LogP contribution in [0, 0.1) is 6.92 Å². The Morgan fingerprint density at radius 3 is 2.67 bits per heavy atom. The van der Waals surface area contributed by atoms with E-state index in [9.17, 15) is 17.2 Å². The lowest BCUT2D eigenvalue weighted by Crippen LogP contribution is -2.28. The van der Waals surface area contributed by atoms with Crippen LogP contribution in [-0.2, 0) is 21.3 Å². The molecule has 0 heterocycles. The van der Waals surface area contributed by atoms with Gasteiger partial charge in [-0.3, -0.25) is 0 Å². The van der Waals surface area contributed by atoms with Crippen molar-refractivity contribution < 1.29 is 21.9 Å². The number of ether oxygens (including phenoxy) is 1. The summed E-state index contributed by atoms with van der Waals surface area (Å²) in [6, 6.07) is 5.17. The number of halogens is 2. The molecule has 1 aromatic rings. The normalized spacial score (nSPS) is 12.0. The van der Waals surface area contributed by atoms with Crippen LogP contribution < -0.4 is 10.0 Å². The smallest absolute Gasteiger partial charge is 0.261 e. The molecule has 1 rings (SSSR count). The Hall–Kier alpha value is -1.09. The summed E-state index contributed by atoms with van der Waals surface area (Å²) in [6.07, 6.45) is -2.55. The molecule has 0 saturated carbocycles. The minimum absolute atomic E-state index is 0.0508. The predicted molar refractivity (Wildman–Crippen MR) is 76.0 cm³/mol. The first-order chi connectivity index (χ1) is 9.86. The zero-order chi connectivity index (χ0) is 15.9. The van der Waals surface area contributed by atoms with E-state index in [1.807, 2.05) is 6.07 Å². The molecule has 0 spiro atoms. The van der Waals surface area contributed by atoms with E-state index < -0.39 is 23.1 Å². The van der Waals surface area contributed by atoms with Gasteiger partial charge in [-0.2, -0.15) is 0 Å². The number of aryl methyl sites for hydroxylation is 1. The zero-order valence-corrected chi connectivity index (χ0v) is 12.8. The molecule has 0 atom stereocenters. The Bertz CT molecular complexity index is 550. The van der Waals surface area contributed by atoms with Gasteiger partial charge in [0.2, 0.25) is 10.0 Å². The maximum Gasteiger partial charge on any atom is 0.261 e. The second kappa shape index (κ2) is 8.38. The summed E-state index contributed by atoms with van der Waals surface area (Å²) in [6.45, 7) is 1.41. The summed E-state index contributed by atoms with van der Waals surface area (Å²) in [5.41, 5.74) is 1.47. The molecular formula is C13H20F2N2O3S. The number of rotatable bonds is 9. The molecule has 1 aromatic carbocycles. The Labute approximate surface area is 123 Å². The fourth-order valence-corrected chi connectivity index (χ4v) is 3.05. The zero-order valence-electron chi connectivity index (χ0n) is 12.0. The maximum absolute atomic E-state index is 12.2. The average Bonchev–Trinajstić information content (AvgIpc) is 2.40. The van der Waals surface area contributed by atoms with Crippen molar-refractivity contribution in [1.82, 2.24) is 10.0 Å². The van der Waals surface area contributed by atoms with Crippen LogP contribution in [0.15, 0.2) is 23.1 Å². The van der Waals surface area contributed by atoms with Crippen molar-refractivity contribution in [2.45, 2.75) is 24.8 Å². The van der Waals surface area contributed by atoms with Gasteiger partial charge in [-0.15, -0.1) is 0 Å². The minimum Gasteiger partial charge on any atom is -0.374 e. The average molecular weight is 322 g/mol. The number of nitrogens with one attached hydrogen (secondary N) is 2. The lowest BCUT2D eigenvalue weighted by molar-refractivity contribution is 0.0199. The van der Waals surface area contributed by atoms with Crippen molar-refractivity contribution in [1.29, 1.82) is 0 Å². The molecule has 0 aromatic heterocycles. The molecule has 21 heavy (non-hydrogen) atoms. The number of sulfonamides is 1. The largest absolute Gasteiger partial charge is 0.374 e. The van der Waals surface area contributed by atoms with E-state index >= 15 is 0 Å². The number of hydrogen-bond acceptors (Lipinski definition) is 4. The molecule has 0 aliphatic heterocycles. The fourth-order valence-electron chi connectivity index (χ4n) is 1.75. The fraction of sp³-hybridized carbons (Fsp3) is 0.538.